The zero-order chi connectivity index (χ0) is 18.5. The third kappa shape index (κ3) is 2.56. The Kier molecular flexibility index (Phi) is 4.13. The molecule has 5 heteroatoms. The quantitative estimate of drug-likeness (QED) is 0.600. The van der Waals surface area contributed by atoms with Gasteiger partial charge >= 0.3 is 5.97 Å². The highest BCUT2D eigenvalue weighted by Crippen LogP contribution is 2.59. The van der Waals surface area contributed by atoms with E-state index in [1.165, 1.54) is 18.1 Å². The predicted octanol–water partition coefficient (Wildman–Crippen LogP) is 3.65. The summed E-state index contributed by atoms with van der Waals surface area (Å²) in [6, 6.07) is 6.41. The molecule has 3 aliphatic rings. The first kappa shape index (κ1) is 17.3. The average molecular weight is 355 g/mol. The van der Waals surface area contributed by atoms with Crippen molar-refractivity contribution in [3.05, 3.63) is 29.3 Å². The van der Waals surface area contributed by atoms with Crippen molar-refractivity contribution in [1.29, 1.82) is 0 Å². The van der Waals surface area contributed by atoms with Crippen LogP contribution in [0.5, 0.6) is 5.75 Å². The number of rotatable bonds is 2. The minimum Gasteiger partial charge on any atom is -0.497 e. The summed E-state index contributed by atoms with van der Waals surface area (Å²) in [4.78, 5) is 28.8. The van der Waals surface area contributed by atoms with E-state index in [4.69, 9.17) is 9.57 Å². The van der Waals surface area contributed by atoms with Crippen LogP contribution >= 0.6 is 0 Å². The van der Waals surface area contributed by atoms with Gasteiger partial charge in [-0.05, 0) is 66.7 Å². The van der Waals surface area contributed by atoms with Crippen molar-refractivity contribution in [3.8, 4) is 5.75 Å². The summed E-state index contributed by atoms with van der Waals surface area (Å²) in [5.41, 5.74) is 2.87. The van der Waals surface area contributed by atoms with E-state index in [2.05, 4.69) is 24.2 Å². The molecule has 0 N–H and O–H groups in total. The lowest BCUT2D eigenvalue weighted by molar-refractivity contribution is -0.141. The molecule has 4 atom stereocenters. The second-order valence-corrected chi connectivity index (χ2v) is 8.09. The lowest BCUT2D eigenvalue weighted by Gasteiger charge is -2.47. The molecule has 0 saturated heterocycles. The van der Waals surface area contributed by atoms with E-state index in [1.807, 2.05) is 6.07 Å². The van der Waals surface area contributed by atoms with Gasteiger partial charge in [0.25, 0.3) is 0 Å². The van der Waals surface area contributed by atoms with Crippen molar-refractivity contribution in [2.24, 2.45) is 22.4 Å². The Morgan fingerprint density at radius 3 is 2.85 bits per heavy atom. The Morgan fingerprint density at radius 2 is 2.12 bits per heavy atom. The predicted molar refractivity (Wildman–Crippen MR) is 97.2 cm³/mol. The van der Waals surface area contributed by atoms with E-state index >= 15 is 0 Å². The van der Waals surface area contributed by atoms with Crippen LogP contribution in [0.1, 0.15) is 56.6 Å². The number of fused-ring (bicyclic) bond motifs is 5. The molecular weight excluding hydrogens is 330 g/mol. The lowest BCUT2D eigenvalue weighted by atomic mass is 9.55. The van der Waals surface area contributed by atoms with Crippen LogP contribution in [0.3, 0.4) is 0 Å². The van der Waals surface area contributed by atoms with Gasteiger partial charge in [0.2, 0.25) is 0 Å². The zero-order valence-electron chi connectivity index (χ0n) is 15.6. The van der Waals surface area contributed by atoms with Gasteiger partial charge in [0.1, 0.15) is 11.5 Å². The van der Waals surface area contributed by atoms with Crippen LogP contribution in [0, 0.1) is 17.3 Å². The summed E-state index contributed by atoms with van der Waals surface area (Å²) in [5, 5.41) is 3.88. The SMILES string of the molecule is COc1ccc2c(c1)CC[C@@H]1[C@@H]2CC[C@]2(C)C(=O)/C(=N/OC(C)=O)C[C@@H]12. The van der Waals surface area contributed by atoms with Crippen molar-refractivity contribution in [3.63, 3.8) is 0 Å². The third-order valence-electron chi connectivity index (χ3n) is 6.80. The van der Waals surface area contributed by atoms with Gasteiger partial charge in [-0.3, -0.25) is 4.79 Å². The molecule has 5 nitrogen and oxygen atoms in total. The van der Waals surface area contributed by atoms with Crippen LogP contribution in [-0.4, -0.2) is 24.6 Å². The number of ether oxygens (including phenoxy) is 1. The van der Waals surface area contributed by atoms with E-state index in [9.17, 15) is 9.59 Å². The molecule has 0 aliphatic heterocycles. The molecule has 0 bridgehead atoms. The first-order valence-electron chi connectivity index (χ1n) is 9.40. The first-order valence-corrected chi connectivity index (χ1v) is 9.40. The zero-order valence-corrected chi connectivity index (χ0v) is 15.6. The van der Waals surface area contributed by atoms with E-state index in [-0.39, 0.29) is 17.1 Å². The van der Waals surface area contributed by atoms with Gasteiger partial charge in [-0.2, -0.15) is 0 Å². The van der Waals surface area contributed by atoms with Crippen LogP contribution in [-0.2, 0) is 20.8 Å². The molecule has 0 heterocycles. The molecule has 0 radical (unpaired) electrons. The van der Waals surface area contributed by atoms with E-state index in [1.54, 1.807) is 7.11 Å². The van der Waals surface area contributed by atoms with E-state index in [0.717, 1.165) is 31.4 Å². The van der Waals surface area contributed by atoms with Crippen LogP contribution in [0.4, 0.5) is 0 Å². The second kappa shape index (κ2) is 6.22. The Balaban J connectivity index is 1.65. The smallest absolute Gasteiger partial charge is 0.331 e. The molecular formula is C21H25NO4. The molecule has 138 valence electrons. The summed E-state index contributed by atoms with van der Waals surface area (Å²) >= 11 is 0. The normalized spacial score (nSPS) is 34.0. The van der Waals surface area contributed by atoms with Crippen molar-refractivity contribution >= 4 is 17.5 Å². The topological polar surface area (TPSA) is 65.0 Å². The minimum absolute atomic E-state index is 0.0720. The fraction of sp³-hybridized carbons (Fsp3) is 0.571. The lowest BCUT2D eigenvalue weighted by Crippen LogP contribution is -2.42. The Labute approximate surface area is 153 Å². The molecule has 26 heavy (non-hydrogen) atoms. The summed E-state index contributed by atoms with van der Waals surface area (Å²) < 4.78 is 5.37. The fourth-order valence-electron chi connectivity index (χ4n) is 5.49. The highest BCUT2D eigenvalue weighted by atomic mass is 16.7. The number of benzene rings is 1. The molecule has 2 saturated carbocycles. The molecule has 1 aromatic rings. The molecule has 1 aromatic carbocycles. The van der Waals surface area contributed by atoms with Gasteiger partial charge in [0, 0.05) is 18.8 Å². The summed E-state index contributed by atoms with van der Waals surface area (Å²) in [6.45, 7) is 3.39. The maximum Gasteiger partial charge on any atom is 0.331 e. The number of carbonyl (C=O) groups excluding carboxylic acids is 2. The van der Waals surface area contributed by atoms with Crippen LogP contribution in [0.2, 0.25) is 0 Å². The molecule has 0 spiro atoms. The Bertz CT molecular complexity index is 799. The number of hydrogen-bond donors (Lipinski definition) is 0. The summed E-state index contributed by atoms with van der Waals surface area (Å²) in [7, 11) is 1.70. The number of hydrogen-bond acceptors (Lipinski definition) is 5. The van der Waals surface area contributed by atoms with Crippen LogP contribution in [0.25, 0.3) is 0 Å². The molecule has 0 aromatic heterocycles. The van der Waals surface area contributed by atoms with Gasteiger partial charge in [-0.15, -0.1) is 0 Å². The number of methoxy groups -OCH3 is 1. The number of oxime groups is 1. The van der Waals surface area contributed by atoms with Gasteiger partial charge in [-0.25, -0.2) is 4.79 Å². The van der Waals surface area contributed by atoms with Crippen molar-refractivity contribution < 1.29 is 19.2 Å². The van der Waals surface area contributed by atoms with Crippen LogP contribution < -0.4 is 4.74 Å². The highest BCUT2D eigenvalue weighted by Gasteiger charge is 2.57. The largest absolute Gasteiger partial charge is 0.497 e. The average Bonchev–Trinajstić information content (AvgIpc) is 2.90. The molecule has 0 unspecified atom stereocenters. The van der Waals surface area contributed by atoms with E-state index in [0.29, 0.717) is 24.0 Å². The van der Waals surface area contributed by atoms with Gasteiger partial charge < -0.3 is 9.57 Å². The number of nitrogens with zero attached hydrogens (tertiary/aromatic N) is 1. The first-order chi connectivity index (χ1) is 12.4. The summed E-state index contributed by atoms with van der Waals surface area (Å²) in [5.74, 6) is 1.74. The standard InChI is InChI=1S/C21H25NO4/c1-12(23)26-22-19-11-18-17-6-4-13-10-14(25-3)5-7-15(13)16(17)8-9-21(18,2)20(19)24/h5,7,10,16-18H,4,6,8-9,11H2,1-3H3/b22-19+/t16-,17-,18+,21+/m1/s1. The number of Topliss-reactive ketones (excluding diaryl/α,β-unsaturated/α-hetero) is 1. The molecule has 3 aliphatic carbocycles. The number of ketones is 1. The van der Waals surface area contributed by atoms with Crippen LogP contribution in [0.15, 0.2) is 23.4 Å². The maximum absolute atomic E-state index is 12.9. The number of carbonyl (C=O) groups is 2. The monoisotopic (exact) mass is 355 g/mol. The van der Waals surface area contributed by atoms with Crippen molar-refractivity contribution in [1.82, 2.24) is 0 Å². The fourth-order valence-corrected chi connectivity index (χ4v) is 5.49. The van der Waals surface area contributed by atoms with Gasteiger partial charge in [-0.1, -0.05) is 18.1 Å². The maximum atomic E-state index is 12.9. The molecule has 2 fully saturated rings. The minimum atomic E-state index is -0.483. The molecule has 4 rings (SSSR count). The second-order valence-electron chi connectivity index (χ2n) is 8.09. The van der Waals surface area contributed by atoms with Crippen molar-refractivity contribution in [2.75, 3.05) is 7.11 Å². The van der Waals surface area contributed by atoms with Crippen molar-refractivity contribution in [2.45, 2.75) is 51.9 Å². The number of aryl methyl sites for hydroxylation is 1. The van der Waals surface area contributed by atoms with Gasteiger partial charge in [0.05, 0.1) is 7.11 Å². The van der Waals surface area contributed by atoms with E-state index < -0.39 is 5.97 Å². The Morgan fingerprint density at radius 1 is 1.31 bits per heavy atom. The Hall–Kier alpha value is -2.17. The van der Waals surface area contributed by atoms with Gasteiger partial charge in [0.15, 0.2) is 5.78 Å². The molecule has 0 amide bonds. The highest BCUT2D eigenvalue weighted by molar-refractivity contribution is 6.43. The third-order valence-corrected chi connectivity index (χ3v) is 6.80. The summed E-state index contributed by atoms with van der Waals surface area (Å²) in [6.07, 6.45) is 4.60.